The van der Waals surface area contributed by atoms with Crippen LogP contribution in [0.4, 0.5) is 0 Å². The molecule has 0 aromatic heterocycles. The summed E-state index contributed by atoms with van der Waals surface area (Å²) in [5.74, 6) is -0.295. The fraction of sp³-hybridized carbons (Fsp3) is 0.222. The smallest absolute Gasteiger partial charge is 0.276 e. The first-order valence-corrected chi connectivity index (χ1v) is 7.80. The Labute approximate surface area is 145 Å². The average molecular weight is 347 g/mol. The molecule has 24 heavy (non-hydrogen) atoms. The van der Waals surface area contributed by atoms with Crippen LogP contribution in [0.15, 0.2) is 36.4 Å². The standard InChI is InChI=1S/C18H19ClN2O3/c1-11-4-6-14(7-5-11)18(23)21-20-16(22)10-24-15-8-12(2)17(19)13(3)9-15/h4-9H,10H2,1-3H3,(H,20,22)(H,21,23). The summed E-state index contributed by atoms with van der Waals surface area (Å²) in [6.45, 7) is 5.45. The van der Waals surface area contributed by atoms with Crippen LogP contribution >= 0.6 is 11.6 Å². The molecule has 0 unspecified atom stereocenters. The molecule has 0 heterocycles. The van der Waals surface area contributed by atoms with E-state index in [1.54, 1.807) is 24.3 Å². The molecule has 126 valence electrons. The monoisotopic (exact) mass is 346 g/mol. The van der Waals surface area contributed by atoms with Gasteiger partial charge in [-0.2, -0.15) is 0 Å². The summed E-state index contributed by atoms with van der Waals surface area (Å²) >= 11 is 6.08. The molecular weight excluding hydrogens is 328 g/mol. The maximum absolute atomic E-state index is 11.9. The first-order valence-electron chi connectivity index (χ1n) is 7.42. The third kappa shape index (κ3) is 4.73. The van der Waals surface area contributed by atoms with Crippen molar-refractivity contribution in [2.45, 2.75) is 20.8 Å². The number of nitrogens with one attached hydrogen (secondary N) is 2. The van der Waals surface area contributed by atoms with Crippen molar-refractivity contribution in [3.05, 3.63) is 63.7 Å². The second kappa shape index (κ2) is 7.84. The second-order valence-electron chi connectivity index (χ2n) is 5.53. The fourth-order valence-electron chi connectivity index (χ4n) is 2.08. The average Bonchev–Trinajstić information content (AvgIpc) is 2.56. The number of aryl methyl sites for hydroxylation is 3. The van der Waals surface area contributed by atoms with Gasteiger partial charge < -0.3 is 4.74 Å². The predicted octanol–water partition coefficient (Wildman–Crippen LogP) is 3.11. The zero-order valence-electron chi connectivity index (χ0n) is 13.8. The number of ether oxygens (including phenoxy) is 1. The summed E-state index contributed by atoms with van der Waals surface area (Å²) in [4.78, 5) is 23.6. The highest BCUT2D eigenvalue weighted by Crippen LogP contribution is 2.25. The maximum Gasteiger partial charge on any atom is 0.276 e. The largest absolute Gasteiger partial charge is 0.484 e. The minimum Gasteiger partial charge on any atom is -0.484 e. The van der Waals surface area contributed by atoms with E-state index in [9.17, 15) is 9.59 Å². The fourth-order valence-corrected chi connectivity index (χ4v) is 2.19. The number of hydrogen-bond acceptors (Lipinski definition) is 3. The summed E-state index contributed by atoms with van der Waals surface area (Å²) in [5, 5.41) is 0.678. The summed E-state index contributed by atoms with van der Waals surface area (Å²) in [5.41, 5.74) is 7.93. The van der Waals surface area contributed by atoms with Gasteiger partial charge >= 0.3 is 0 Å². The topological polar surface area (TPSA) is 67.4 Å². The third-order valence-electron chi connectivity index (χ3n) is 3.41. The number of carbonyl (C=O) groups excluding carboxylic acids is 2. The van der Waals surface area contributed by atoms with Crippen LogP contribution in [0, 0.1) is 20.8 Å². The minimum atomic E-state index is -0.458. The SMILES string of the molecule is Cc1ccc(C(=O)NNC(=O)COc2cc(C)c(Cl)c(C)c2)cc1. The predicted molar refractivity (Wildman–Crippen MR) is 93.2 cm³/mol. The molecule has 6 heteroatoms. The van der Waals surface area contributed by atoms with Crippen molar-refractivity contribution in [2.24, 2.45) is 0 Å². The van der Waals surface area contributed by atoms with E-state index in [-0.39, 0.29) is 12.5 Å². The lowest BCUT2D eigenvalue weighted by Crippen LogP contribution is -2.43. The van der Waals surface area contributed by atoms with E-state index in [0.717, 1.165) is 16.7 Å². The van der Waals surface area contributed by atoms with E-state index in [1.807, 2.05) is 32.9 Å². The van der Waals surface area contributed by atoms with Gasteiger partial charge in [0.15, 0.2) is 6.61 Å². The van der Waals surface area contributed by atoms with E-state index < -0.39 is 5.91 Å². The van der Waals surface area contributed by atoms with Gasteiger partial charge in [-0.05, 0) is 56.2 Å². The van der Waals surface area contributed by atoms with Crippen LogP contribution < -0.4 is 15.6 Å². The molecule has 0 aliphatic rings. The van der Waals surface area contributed by atoms with Crippen molar-refractivity contribution in [3.8, 4) is 5.75 Å². The van der Waals surface area contributed by atoms with Crippen molar-refractivity contribution >= 4 is 23.4 Å². The zero-order valence-corrected chi connectivity index (χ0v) is 14.5. The van der Waals surface area contributed by atoms with Gasteiger partial charge in [0.1, 0.15) is 5.75 Å². The highest BCUT2D eigenvalue weighted by molar-refractivity contribution is 6.32. The van der Waals surface area contributed by atoms with Crippen LogP contribution in [0.25, 0.3) is 0 Å². The lowest BCUT2D eigenvalue weighted by Gasteiger charge is -2.11. The molecule has 0 aliphatic heterocycles. The Balaban J connectivity index is 1.83. The third-order valence-corrected chi connectivity index (χ3v) is 4.01. The Morgan fingerprint density at radius 3 is 2.17 bits per heavy atom. The minimum absolute atomic E-state index is 0.214. The summed E-state index contributed by atoms with van der Waals surface area (Å²) < 4.78 is 5.42. The number of rotatable bonds is 4. The lowest BCUT2D eigenvalue weighted by atomic mass is 10.1. The number of benzene rings is 2. The Kier molecular flexibility index (Phi) is 5.82. The first-order chi connectivity index (χ1) is 11.4. The molecule has 0 radical (unpaired) electrons. The van der Waals surface area contributed by atoms with Crippen LogP contribution in [0.3, 0.4) is 0 Å². The number of hydrogen-bond donors (Lipinski definition) is 2. The number of amides is 2. The van der Waals surface area contributed by atoms with Gasteiger partial charge in [-0.15, -0.1) is 0 Å². The van der Waals surface area contributed by atoms with Gasteiger partial charge in [-0.25, -0.2) is 0 Å². The Morgan fingerprint density at radius 2 is 1.58 bits per heavy atom. The van der Waals surface area contributed by atoms with E-state index in [0.29, 0.717) is 16.3 Å². The molecule has 0 fully saturated rings. The van der Waals surface area contributed by atoms with Gasteiger partial charge in [-0.3, -0.25) is 20.4 Å². The van der Waals surface area contributed by atoms with Crippen molar-refractivity contribution in [1.29, 1.82) is 0 Å². The molecule has 2 aromatic rings. The molecule has 0 saturated heterocycles. The van der Waals surface area contributed by atoms with E-state index in [1.165, 1.54) is 0 Å². The van der Waals surface area contributed by atoms with Crippen molar-refractivity contribution in [2.75, 3.05) is 6.61 Å². The Hall–Kier alpha value is -2.53. The van der Waals surface area contributed by atoms with Crippen LogP contribution in [0.5, 0.6) is 5.75 Å². The van der Waals surface area contributed by atoms with Crippen LogP contribution in [-0.2, 0) is 4.79 Å². The maximum atomic E-state index is 11.9. The molecule has 0 aliphatic carbocycles. The van der Waals surface area contributed by atoms with Crippen LogP contribution in [0.1, 0.15) is 27.0 Å². The first kappa shape index (κ1) is 17.8. The molecule has 5 nitrogen and oxygen atoms in total. The highest BCUT2D eigenvalue weighted by atomic mass is 35.5. The summed E-state index contributed by atoms with van der Waals surface area (Å²) in [6, 6.07) is 10.5. The van der Waals surface area contributed by atoms with Gasteiger partial charge in [0.2, 0.25) is 0 Å². The zero-order chi connectivity index (χ0) is 17.7. The Morgan fingerprint density at radius 1 is 1.00 bits per heavy atom. The molecule has 0 saturated carbocycles. The van der Waals surface area contributed by atoms with Gasteiger partial charge in [0, 0.05) is 10.6 Å². The van der Waals surface area contributed by atoms with Crippen molar-refractivity contribution < 1.29 is 14.3 Å². The summed E-state index contributed by atoms with van der Waals surface area (Å²) in [7, 11) is 0. The lowest BCUT2D eigenvalue weighted by molar-refractivity contribution is -0.123. The van der Waals surface area contributed by atoms with Gasteiger partial charge in [0.05, 0.1) is 0 Å². The molecule has 2 rings (SSSR count). The normalized spacial score (nSPS) is 10.2. The highest BCUT2D eigenvalue weighted by Gasteiger charge is 2.09. The molecule has 0 atom stereocenters. The van der Waals surface area contributed by atoms with Crippen molar-refractivity contribution in [1.82, 2.24) is 10.9 Å². The van der Waals surface area contributed by atoms with Crippen LogP contribution in [0.2, 0.25) is 5.02 Å². The number of hydrazine groups is 1. The number of carbonyl (C=O) groups is 2. The van der Waals surface area contributed by atoms with E-state index in [4.69, 9.17) is 16.3 Å². The Bertz CT molecular complexity index is 734. The quantitative estimate of drug-likeness (QED) is 0.836. The van der Waals surface area contributed by atoms with Gasteiger partial charge in [-0.1, -0.05) is 29.3 Å². The van der Waals surface area contributed by atoms with E-state index in [2.05, 4.69) is 10.9 Å². The summed E-state index contributed by atoms with van der Waals surface area (Å²) in [6.07, 6.45) is 0. The second-order valence-corrected chi connectivity index (χ2v) is 5.91. The molecule has 2 aromatic carbocycles. The number of halogens is 1. The molecule has 2 N–H and O–H groups in total. The molecule has 0 bridgehead atoms. The van der Waals surface area contributed by atoms with E-state index >= 15 is 0 Å². The molecule has 0 spiro atoms. The van der Waals surface area contributed by atoms with Gasteiger partial charge in [0.25, 0.3) is 11.8 Å². The van der Waals surface area contributed by atoms with Crippen molar-refractivity contribution in [3.63, 3.8) is 0 Å². The molecular formula is C18H19ClN2O3. The van der Waals surface area contributed by atoms with Crippen LogP contribution in [-0.4, -0.2) is 18.4 Å². The molecule has 2 amide bonds.